The molecular weight excluding hydrogens is 252 g/mol. The quantitative estimate of drug-likeness (QED) is 0.868. The Morgan fingerprint density at radius 1 is 1.45 bits per heavy atom. The van der Waals surface area contributed by atoms with Crippen molar-refractivity contribution in [3.63, 3.8) is 0 Å². The first kappa shape index (κ1) is 14.9. The summed E-state index contributed by atoms with van der Waals surface area (Å²) in [6.07, 6.45) is 1.95. The number of carbonyl (C=O) groups excluding carboxylic acids is 1. The second kappa shape index (κ2) is 6.27. The molecule has 1 aliphatic heterocycles. The van der Waals surface area contributed by atoms with E-state index in [-0.39, 0.29) is 11.9 Å². The Morgan fingerprint density at radius 2 is 2.15 bits per heavy atom. The Labute approximate surface area is 120 Å². The molecular formula is C16H24N2O2. The first-order valence-electron chi connectivity index (χ1n) is 7.34. The summed E-state index contributed by atoms with van der Waals surface area (Å²) in [5.74, 6) is 0.940. The van der Waals surface area contributed by atoms with Crippen LogP contribution in [0.1, 0.15) is 45.2 Å². The van der Waals surface area contributed by atoms with Gasteiger partial charge in [0.15, 0.2) is 0 Å². The van der Waals surface area contributed by atoms with Crippen molar-refractivity contribution in [1.82, 2.24) is 10.6 Å². The summed E-state index contributed by atoms with van der Waals surface area (Å²) in [7, 11) is 0. The van der Waals surface area contributed by atoms with Gasteiger partial charge in [0.25, 0.3) is 0 Å². The van der Waals surface area contributed by atoms with Crippen molar-refractivity contribution in [2.45, 2.75) is 45.2 Å². The van der Waals surface area contributed by atoms with Crippen molar-refractivity contribution in [2.24, 2.45) is 0 Å². The fraction of sp³-hybridized carbons (Fsp3) is 0.562. The van der Waals surface area contributed by atoms with Crippen LogP contribution in [-0.4, -0.2) is 24.6 Å². The third-order valence-corrected chi connectivity index (χ3v) is 3.91. The van der Waals surface area contributed by atoms with Crippen LogP contribution in [0.5, 0.6) is 5.75 Å². The van der Waals surface area contributed by atoms with Crippen LogP contribution >= 0.6 is 0 Å². The minimum Gasteiger partial charge on any atom is -0.494 e. The van der Waals surface area contributed by atoms with E-state index in [9.17, 15) is 4.79 Å². The smallest absolute Gasteiger partial charge is 0.240 e. The number of rotatable bonds is 5. The fourth-order valence-electron chi connectivity index (χ4n) is 2.55. The highest BCUT2D eigenvalue weighted by molar-refractivity contribution is 5.86. The topological polar surface area (TPSA) is 50.4 Å². The minimum atomic E-state index is -0.417. The lowest BCUT2D eigenvalue weighted by Gasteiger charge is -2.26. The van der Waals surface area contributed by atoms with Crippen LogP contribution in [0.3, 0.4) is 0 Å². The van der Waals surface area contributed by atoms with Crippen molar-refractivity contribution in [1.29, 1.82) is 0 Å². The summed E-state index contributed by atoms with van der Waals surface area (Å²) in [6.45, 7) is 7.52. The number of nitrogens with one attached hydrogen (secondary N) is 2. The number of carbonyl (C=O) groups is 1. The van der Waals surface area contributed by atoms with Gasteiger partial charge in [-0.05, 0) is 57.9 Å². The summed E-state index contributed by atoms with van der Waals surface area (Å²) in [4.78, 5) is 12.3. The Balaban J connectivity index is 1.97. The molecule has 1 fully saturated rings. The van der Waals surface area contributed by atoms with Crippen molar-refractivity contribution in [2.75, 3.05) is 13.2 Å². The predicted octanol–water partition coefficient (Wildman–Crippen LogP) is 2.40. The first-order chi connectivity index (χ1) is 9.55. The van der Waals surface area contributed by atoms with Crippen molar-refractivity contribution in [3.05, 3.63) is 29.8 Å². The van der Waals surface area contributed by atoms with Crippen molar-refractivity contribution < 1.29 is 9.53 Å². The maximum atomic E-state index is 12.3. The third kappa shape index (κ3) is 3.31. The Bertz CT molecular complexity index is 450. The summed E-state index contributed by atoms with van der Waals surface area (Å²) >= 11 is 0. The summed E-state index contributed by atoms with van der Waals surface area (Å²) in [5, 5.41) is 6.37. The lowest BCUT2D eigenvalue weighted by Crippen LogP contribution is -2.51. The summed E-state index contributed by atoms with van der Waals surface area (Å²) < 4.78 is 5.42. The molecule has 0 aliphatic carbocycles. The molecule has 1 saturated heterocycles. The standard InChI is InChI=1S/C16H24N2O2/c1-4-20-14-8-6-13(7-9-14)12(2)18-15(19)16(3)10-5-11-17-16/h6-9,12,17H,4-5,10-11H2,1-3H3,(H,18,19). The van der Waals surface area contributed by atoms with Gasteiger partial charge in [-0.2, -0.15) is 0 Å². The molecule has 0 aromatic heterocycles. The molecule has 4 nitrogen and oxygen atoms in total. The van der Waals surface area contributed by atoms with E-state index in [1.165, 1.54) is 0 Å². The average Bonchev–Trinajstić information content (AvgIpc) is 2.88. The molecule has 4 heteroatoms. The Kier molecular flexibility index (Phi) is 4.65. The van der Waals surface area contributed by atoms with E-state index < -0.39 is 5.54 Å². The van der Waals surface area contributed by atoms with E-state index in [2.05, 4.69) is 10.6 Å². The van der Waals surface area contributed by atoms with E-state index in [4.69, 9.17) is 4.74 Å². The highest BCUT2D eigenvalue weighted by Crippen LogP contribution is 2.22. The van der Waals surface area contributed by atoms with E-state index in [0.717, 1.165) is 30.7 Å². The summed E-state index contributed by atoms with van der Waals surface area (Å²) in [5.41, 5.74) is 0.669. The van der Waals surface area contributed by atoms with Gasteiger partial charge >= 0.3 is 0 Å². The number of benzene rings is 1. The van der Waals surface area contributed by atoms with Gasteiger partial charge in [-0.15, -0.1) is 0 Å². The molecule has 0 bridgehead atoms. The van der Waals surface area contributed by atoms with E-state index >= 15 is 0 Å². The first-order valence-corrected chi connectivity index (χ1v) is 7.34. The largest absolute Gasteiger partial charge is 0.494 e. The third-order valence-electron chi connectivity index (χ3n) is 3.91. The number of amides is 1. The van der Waals surface area contributed by atoms with Gasteiger partial charge in [0.2, 0.25) is 5.91 Å². The van der Waals surface area contributed by atoms with Gasteiger partial charge in [-0.3, -0.25) is 4.79 Å². The molecule has 1 heterocycles. The SMILES string of the molecule is CCOc1ccc(C(C)NC(=O)C2(C)CCCN2)cc1. The molecule has 0 saturated carbocycles. The average molecular weight is 276 g/mol. The van der Waals surface area contributed by atoms with E-state index in [1.54, 1.807) is 0 Å². The lowest BCUT2D eigenvalue weighted by molar-refractivity contribution is -0.127. The van der Waals surface area contributed by atoms with Gasteiger partial charge in [-0.25, -0.2) is 0 Å². The molecule has 2 rings (SSSR count). The van der Waals surface area contributed by atoms with Crippen LogP contribution in [0.4, 0.5) is 0 Å². The summed E-state index contributed by atoms with van der Waals surface area (Å²) in [6, 6.07) is 7.88. The lowest BCUT2D eigenvalue weighted by atomic mass is 9.98. The molecule has 110 valence electrons. The van der Waals surface area contributed by atoms with Gasteiger partial charge < -0.3 is 15.4 Å². The van der Waals surface area contributed by atoms with Crippen molar-refractivity contribution >= 4 is 5.91 Å². The molecule has 0 radical (unpaired) electrons. The van der Waals surface area contributed by atoms with Gasteiger partial charge in [0.1, 0.15) is 5.75 Å². The zero-order chi connectivity index (χ0) is 14.6. The van der Waals surface area contributed by atoms with Crippen molar-refractivity contribution in [3.8, 4) is 5.75 Å². The maximum absolute atomic E-state index is 12.3. The zero-order valence-electron chi connectivity index (χ0n) is 12.5. The van der Waals surface area contributed by atoms with Crippen LogP contribution in [0.25, 0.3) is 0 Å². The van der Waals surface area contributed by atoms with Crippen LogP contribution in [0.2, 0.25) is 0 Å². The molecule has 1 aliphatic rings. The Hall–Kier alpha value is -1.55. The predicted molar refractivity (Wildman–Crippen MR) is 79.8 cm³/mol. The number of ether oxygens (including phenoxy) is 1. The maximum Gasteiger partial charge on any atom is 0.240 e. The van der Waals surface area contributed by atoms with Gasteiger partial charge in [-0.1, -0.05) is 12.1 Å². The second-order valence-corrected chi connectivity index (χ2v) is 5.56. The minimum absolute atomic E-state index is 0.00241. The molecule has 1 aromatic carbocycles. The van der Waals surface area contributed by atoms with Gasteiger partial charge in [0, 0.05) is 0 Å². The normalized spacial score (nSPS) is 23.4. The molecule has 2 unspecified atom stereocenters. The van der Waals surface area contributed by atoms with E-state index in [0.29, 0.717) is 6.61 Å². The Morgan fingerprint density at radius 3 is 2.70 bits per heavy atom. The molecule has 1 amide bonds. The second-order valence-electron chi connectivity index (χ2n) is 5.56. The fourth-order valence-corrected chi connectivity index (χ4v) is 2.55. The molecule has 2 N–H and O–H groups in total. The van der Waals surface area contributed by atoms with Crippen LogP contribution in [0, 0.1) is 0 Å². The molecule has 0 spiro atoms. The highest BCUT2D eigenvalue weighted by Gasteiger charge is 2.36. The zero-order valence-corrected chi connectivity index (χ0v) is 12.5. The number of hydrogen-bond acceptors (Lipinski definition) is 3. The van der Waals surface area contributed by atoms with Gasteiger partial charge in [0.05, 0.1) is 18.2 Å². The van der Waals surface area contributed by atoms with Crippen LogP contribution in [0.15, 0.2) is 24.3 Å². The number of hydrogen-bond donors (Lipinski definition) is 2. The van der Waals surface area contributed by atoms with Crippen LogP contribution < -0.4 is 15.4 Å². The molecule has 2 atom stereocenters. The molecule has 20 heavy (non-hydrogen) atoms. The molecule has 1 aromatic rings. The van der Waals surface area contributed by atoms with E-state index in [1.807, 2.05) is 45.0 Å². The van der Waals surface area contributed by atoms with Crippen LogP contribution in [-0.2, 0) is 4.79 Å². The highest BCUT2D eigenvalue weighted by atomic mass is 16.5. The monoisotopic (exact) mass is 276 g/mol.